The molecule has 0 atom stereocenters. The second-order valence-electron chi connectivity index (χ2n) is 3.38. The summed E-state index contributed by atoms with van der Waals surface area (Å²) in [7, 11) is 5.41. The highest BCUT2D eigenvalue weighted by Gasteiger charge is 2.55. The first-order valence-corrected chi connectivity index (χ1v) is 5.08. The summed E-state index contributed by atoms with van der Waals surface area (Å²) in [5.41, 5.74) is 0.580. The van der Waals surface area contributed by atoms with Crippen LogP contribution < -0.4 is 0 Å². The van der Waals surface area contributed by atoms with Crippen LogP contribution in [0.4, 0.5) is 0 Å². The van der Waals surface area contributed by atoms with E-state index in [1.807, 2.05) is 6.07 Å². The van der Waals surface area contributed by atoms with Crippen LogP contribution in [0.25, 0.3) is 0 Å². The maximum Gasteiger partial charge on any atom is 0.342 e. The third kappa shape index (κ3) is 2.20. The van der Waals surface area contributed by atoms with Crippen molar-refractivity contribution in [2.75, 3.05) is 28.4 Å². The van der Waals surface area contributed by atoms with Crippen molar-refractivity contribution in [2.24, 2.45) is 0 Å². The van der Waals surface area contributed by atoms with Gasteiger partial charge in [-0.15, -0.1) is 0 Å². The van der Waals surface area contributed by atoms with E-state index in [1.165, 1.54) is 28.4 Å². The largest absolute Gasteiger partial charge is 0.343 e. The Labute approximate surface area is 101 Å². The molecule has 17 heavy (non-hydrogen) atoms. The van der Waals surface area contributed by atoms with Gasteiger partial charge in [0.05, 0.1) is 0 Å². The standard InChI is InChI=1S/C12H18O5/c1-14-11(15-2,12(13,16-3)17-4)10-8-6-5-7-9-10/h5-9,13H,1-4H3. The molecule has 0 aliphatic rings. The fourth-order valence-electron chi connectivity index (χ4n) is 1.77. The normalized spacial score (nSPS) is 12.8. The Balaban J connectivity index is 3.32. The fraction of sp³-hybridized carbons (Fsp3) is 0.500. The van der Waals surface area contributed by atoms with Gasteiger partial charge in [-0.05, 0) is 0 Å². The molecule has 0 heterocycles. The Morgan fingerprint density at radius 1 is 0.824 bits per heavy atom. The van der Waals surface area contributed by atoms with Gasteiger partial charge in [-0.25, -0.2) is 0 Å². The van der Waals surface area contributed by atoms with E-state index in [2.05, 4.69) is 0 Å². The molecular formula is C12H18O5. The molecule has 0 saturated carbocycles. The number of rotatable bonds is 6. The SMILES string of the molecule is COC(O)(OC)C(OC)(OC)c1ccccc1. The molecule has 0 aliphatic heterocycles. The van der Waals surface area contributed by atoms with Crippen molar-refractivity contribution in [1.82, 2.24) is 0 Å². The van der Waals surface area contributed by atoms with E-state index in [4.69, 9.17) is 18.9 Å². The third-order valence-corrected chi connectivity index (χ3v) is 2.70. The second kappa shape index (κ2) is 5.57. The van der Waals surface area contributed by atoms with Gasteiger partial charge in [-0.3, -0.25) is 0 Å². The molecule has 0 fully saturated rings. The summed E-state index contributed by atoms with van der Waals surface area (Å²) in [5, 5.41) is 10.3. The van der Waals surface area contributed by atoms with Crippen LogP contribution in [0.1, 0.15) is 5.56 Å². The minimum atomic E-state index is -2.04. The van der Waals surface area contributed by atoms with Gasteiger partial charge in [0.1, 0.15) is 0 Å². The van der Waals surface area contributed by atoms with Crippen LogP contribution in [0.15, 0.2) is 30.3 Å². The van der Waals surface area contributed by atoms with Crippen molar-refractivity contribution in [3.8, 4) is 0 Å². The van der Waals surface area contributed by atoms with Crippen LogP contribution in [0.5, 0.6) is 0 Å². The van der Waals surface area contributed by atoms with E-state index < -0.39 is 11.8 Å². The number of hydrogen-bond donors (Lipinski definition) is 1. The predicted molar refractivity (Wildman–Crippen MR) is 61.1 cm³/mol. The number of hydrogen-bond acceptors (Lipinski definition) is 5. The topological polar surface area (TPSA) is 57.2 Å². The Morgan fingerprint density at radius 2 is 1.29 bits per heavy atom. The Hall–Kier alpha value is -0.980. The van der Waals surface area contributed by atoms with E-state index in [-0.39, 0.29) is 0 Å². The minimum Gasteiger partial charge on any atom is -0.343 e. The number of benzene rings is 1. The van der Waals surface area contributed by atoms with E-state index in [0.29, 0.717) is 5.56 Å². The molecule has 1 rings (SSSR count). The second-order valence-corrected chi connectivity index (χ2v) is 3.38. The average Bonchev–Trinajstić information content (AvgIpc) is 2.41. The lowest BCUT2D eigenvalue weighted by molar-refractivity contribution is -0.477. The van der Waals surface area contributed by atoms with Gasteiger partial charge in [0, 0.05) is 34.0 Å². The van der Waals surface area contributed by atoms with Gasteiger partial charge < -0.3 is 24.1 Å². The fourth-order valence-corrected chi connectivity index (χ4v) is 1.77. The summed E-state index contributed by atoms with van der Waals surface area (Å²) in [4.78, 5) is 0. The third-order valence-electron chi connectivity index (χ3n) is 2.70. The van der Waals surface area contributed by atoms with Crippen LogP contribution in [0, 0.1) is 0 Å². The average molecular weight is 242 g/mol. The smallest absolute Gasteiger partial charge is 0.342 e. The number of aliphatic hydroxyl groups is 1. The van der Waals surface area contributed by atoms with Gasteiger partial charge in [-0.1, -0.05) is 30.3 Å². The molecule has 0 spiro atoms. The molecule has 96 valence electrons. The van der Waals surface area contributed by atoms with Crippen molar-refractivity contribution < 1.29 is 24.1 Å². The first kappa shape index (κ1) is 14.1. The zero-order valence-electron chi connectivity index (χ0n) is 10.5. The lowest BCUT2D eigenvalue weighted by Gasteiger charge is -2.41. The maximum atomic E-state index is 10.3. The van der Waals surface area contributed by atoms with E-state index >= 15 is 0 Å². The molecule has 0 saturated heterocycles. The predicted octanol–water partition coefficient (Wildman–Crippen LogP) is 1.07. The lowest BCUT2D eigenvalue weighted by Crippen LogP contribution is -2.57. The van der Waals surface area contributed by atoms with Gasteiger partial charge in [0.15, 0.2) is 0 Å². The van der Waals surface area contributed by atoms with E-state index in [0.717, 1.165) is 0 Å². The van der Waals surface area contributed by atoms with Gasteiger partial charge in [-0.2, -0.15) is 0 Å². The van der Waals surface area contributed by atoms with Crippen LogP contribution in [-0.2, 0) is 24.7 Å². The van der Waals surface area contributed by atoms with E-state index in [1.54, 1.807) is 24.3 Å². The van der Waals surface area contributed by atoms with E-state index in [9.17, 15) is 5.11 Å². The molecule has 0 aromatic heterocycles. The van der Waals surface area contributed by atoms with Crippen molar-refractivity contribution in [2.45, 2.75) is 11.8 Å². The minimum absolute atomic E-state index is 0.580. The molecule has 1 aromatic carbocycles. The summed E-state index contributed by atoms with van der Waals surface area (Å²) in [6.45, 7) is 0. The van der Waals surface area contributed by atoms with Crippen LogP contribution in [0.3, 0.4) is 0 Å². The van der Waals surface area contributed by atoms with Gasteiger partial charge in [0.25, 0.3) is 5.79 Å². The molecule has 0 aliphatic carbocycles. The summed E-state index contributed by atoms with van der Waals surface area (Å²) in [6.07, 6.45) is 0. The van der Waals surface area contributed by atoms with Crippen LogP contribution in [-0.4, -0.2) is 39.5 Å². The summed E-state index contributed by atoms with van der Waals surface area (Å²) in [6, 6.07) is 8.94. The molecule has 1 N–H and O–H groups in total. The zero-order valence-corrected chi connectivity index (χ0v) is 10.5. The Kier molecular flexibility index (Phi) is 4.62. The van der Waals surface area contributed by atoms with Crippen molar-refractivity contribution in [1.29, 1.82) is 0 Å². The summed E-state index contributed by atoms with van der Waals surface area (Å²) >= 11 is 0. The van der Waals surface area contributed by atoms with Gasteiger partial charge in [0.2, 0.25) is 0 Å². The molecule has 5 nitrogen and oxygen atoms in total. The maximum absolute atomic E-state index is 10.3. The first-order chi connectivity index (χ1) is 8.10. The number of methoxy groups -OCH3 is 4. The highest BCUT2D eigenvalue weighted by atomic mass is 16.9. The Bertz CT molecular complexity index is 330. The van der Waals surface area contributed by atoms with Crippen LogP contribution >= 0.6 is 0 Å². The summed E-state index contributed by atoms with van der Waals surface area (Å²) in [5.74, 6) is -3.60. The molecule has 0 amide bonds. The highest BCUT2D eigenvalue weighted by Crippen LogP contribution is 2.38. The number of ether oxygens (including phenoxy) is 4. The molecule has 1 aromatic rings. The quantitative estimate of drug-likeness (QED) is 0.756. The van der Waals surface area contributed by atoms with Crippen molar-refractivity contribution in [3.05, 3.63) is 35.9 Å². The molecule has 0 bridgehead atoms. The molecule has 0 unspecified atom stereocenters. The Morgan fingerprint density at radius 3 is 1.65 bits per heavy atom. The molecule has 0 radical (unpaired) electrons. The van der Waals surface area contributed by atoms with Gasteiger partial charge >= 0.3 is 5.97 Å². The lowest BCUT2D eigenvalue weighted by atomic mass is 10.0. The van der Waals surface area contributed by atoms with Crippen LogP contribution in [0.2, 0.25) is 0 Å². The summed E-state index contributed by atoms with van der Waals surface area (Å²) < 4.78 is 20.5. The van der Waals surface area contributed by atoms with Crippen molar-refractivity contribution >= 4 is 0 Å². The molecular weight excluding hydrogens is 224 g/mol. The van der Waals surface area contributed by atoms with Crippen molar-refractivity contribution in [3.63, 3.8) is 0 Å². The first-order valence-electron chi connectivity index (χ1n) is 5.08. The monoisotopic (exact) mass is 242 g/mol. The highest BCUT2D eigenvalue weighted by molar-refractivity contribution is 5.22. The molecule has 5 heteroatoms. The zero-order chi connectivity index (χ0) is 12.9.